The Balaban J connectivity index is 1.55. The molecular formula is C35H31BS2. The van der Waals surface area contributed by atoms with Crippen LogP contribution >= 0.6 is 23.5 Å². The van der Waals surface area contributed by atoms with Gasteiger partial charge in [0.15, 0.2) is 0 Å². The van der Waals surface area contributed by atoms with Crippen LogP contribution in [0.5, 0.6) is 0 Å². The Labute approximate surface area is 236 Å². The van der Waals surface area contributed by atoms with E-state index in [4.69, 9.17) is 0 Å². The van der Waals surface area contributed by atoms with E-state index in [0.29, 0.717) is 0 Å². The van der Waals surface area contributed by atoms with Crippen molar-refractivity contribution in [3.8, 4) is 11.1 Å². The van der Waals surface area contributed by atoms with Gasteiger partial charge in [-0.1, -0.05) is 117 Å². The van der Waals surface area contributed by atoms with Gasteiger partial charge in [-0.15, -0.1) is 0 Å². The Morgan fingerprint density at radius 3 is 1.32 bits per heavy atom. The summed E-state index contributed by atoms with van der Waals surface area (Å²) < 4.78 is 0. The van der Waals surface area contributed by atoms with Gasteiger partial charge in [0.1, 0.15) is 0 Å². The highest BCUT2D eigenvalue weighted by molar-refractivity contribution is 7.99. The normalized spacial score (nSPS) is 12.0. The van der Waals surface area contributed by atoms with Crippen molar-refractivity contribution < 1.29 is 0 Å². The molecule has 0 bridgehead atoms. The van der Waals surface area contributed by atoms with E-state index in [-0.39, 0.29) is 6.71 Å². The first-order chi connectivity index (χ1) is 18.4. The molecule has 1 aliphatic heterocycles. The zero-order chi connectivity index (χ0) is 26.4. The van der Waals surface area contributed by atoms with Crippen LogP contribution in [0, 0.1) is 34.6 Å². The summed E-state index contributed by atoms with van der Waals surface area (Å²) in [6, 6.07) is 36.0. The smallest absolute Gasteiger partial charge is 0.0898 e. The topological polar surface area (TPSA) is 0 Å². The molecule has 5 aromatic rings. The fourth-order valence-corrected chi connectivity index (χ4v) is 7.83. The zero-order valence-corrected chi connectivity index (χ0v) is 24.3. The molecule has 1 heterocycles. The Hall–Kier alpha value is -3.14. The summed E-state index contributed by atoms with van der Waals surface area (Å²) in [5, 5.41) is 0. The quantitative estimate of drug-likeness (QED) is 0.209. The molecule has 0 amide bonds. The van der Waals surface area contributed by atoms with Crippen molar-refractivity contribution in [3.63, 3.8) is 0 Å². The highest BCUT2D eigenvalue weighted by Crippen LogP contribution is 2.38. The van der Waals surface area contributed by atoms with Crippen LogP contribution in [0.15, 0.2) is 117 Å². The van der Waals surface area contributed by atoms with Crippen LogP contribution in [0.2, 0.25) is 0 Å². The monoisotopic (exact) mass is 526 g/mol. The van der Waals surface area contributed by atoms with Crippen molar-refractivity contribution in [1.82, 2.24) is 0 Å². The van der Waals surface area contributed by atoms with E-state index in [2.05, 4.69) is 132 Å². The summed E-state index contributed by atoms with van der Waals surface area (Å²) in [5.41, 5.74) is 13.9. The average Bonchev–Trinajstić information content (AvgIpc) is 3.17. The van der Waals surface area contributed by atoms with E-state index in [0.717, 1.165) is 0 Å². The highest BCUT2D eigenvalue weighted by Gasteiger charge is 2.36. The van der Waals surface area contributed by atoms with Gasteiger partial charge in [-0.3, -0.25) is 0 Å². The Kier molecular flexibility index (Phi) is 6.76. The van der Waals surface area contributed by atoms with Gasteiger partial charge in [0.2, 0.25) is 6.71 Å². The van der Waals surface area contributed by atoms with Gasteiger partial charge in [0, 0.05) is 19.6 Å². The predicted octanol–water partition coefficient (Wildman–Crippen LogP) is 8.03. The molecule has 0 N–H and O–H groups in total. The number of hydrogen-bond donors (Lipinski definition) is 0. The maximum Gasteiger partial charge on any atom is 0.243 e. The van der Waals surface area contributed by atoms with Gasteiger partial charge < -0.3 is 0 Å². The van der Waals surface area contributed by atoms with Crippen LogP contribution in [-0.2, 0) is 0 Å². The van der Waals surface area contributed by atoms with Gasteiger partial charge in [-0.05, 0) is 93.3 Å². The second-order valence-corrected chi connectivity index (χ2v) is 12.7. The van der Waals surface area contributed by atoms with Crippen molar-refractivity contribution >= 4 is 46.6 Å². The number of fused-ring (bicyclic) bond motifs is 3. The van der Waals surface area contributed by atoms with Crippen LogP contribution in [0.3, 0.4) is 0 Å². The lowest BCUT2D eigenvalue weighted by atomic mass is 9.37. The zero-order valence-electron chi connectivity index (χ0n) is 22.6. The van der Waals surface area contributed by atoms with Gasteiger partial charge in [0.25, 0.3) is 0 Å². The van der Waals surface area contributed by atoms with Crippen LogP contribution in [0.1, 0.15) is 27.8 Å². The first kappa shape index (κ1) is 25.2. The van der Waals surface area contributed by atoms with Crippen molar-refractivity contribution in [1.29, 1.82) is 0 Å². The first-order valence-electron chi connectivity index (χ1n) is 13.2. The SMILES string of the molecule is Cc1cc(C)c(B2c3cc(C)c(Sc4ccccc4)cc3-c3cc(Sc4ccccc4)c(C)cc32)c(C)c1. The number of aryl methyl sites for hydroxylation is 5. The standard InChI is InChI=1S/C35H31BS2/c1-22-16-25(4)35(26(5)17-22)36-31-18-23(2)33(37-27-12-8-6-9-13-27)20-29(31)30-21-34(24(3)19-32(30)36)38-28-14-10-7-11-15-28/h6-21H,1-5H3. The Morgan fingerprint density at radius 1 is 0.474 bits per heavy atom. The van der Waals surface area contributed by atoms with E-state index in [9.17, 15) is 0 Å². The molecule has 0 saturated heterocycles. The highest BCUT2D eigenvalue weighted by atomic mass is 32.2. The van der Waals surface area contributed by atoms with Crippen LogP contribution in [-0.4, -0.2) is 6.71 Å². The Bertz CT molecular complexity index is 1540. The maximum atomic E-state index is 2.46. The molecule has 0 nitrogen and oxygen atoms in total. The lowest BCUT2D eigenvalue weighted by Crippen LogP contribution is -2.51. The third-order valence-electron chi connectivity index (χ3n) is 7.58. The lowest BCUT2D eigenvalue weighted by molar-refractivity contribution is 1.29. The van der Waals surface area contributed by atoms with Gasteiger partial charge in [-0.25, -0.2) is 0 Å². The van der Waals surface area contributed by atoms with Gasteiger partial charge >= 0.3 is 0 Å². The maximum absolute atomic E-state index is 2.46. The number of benzene rings is 5. The minimum Gasteiger partial charge on any atom is -0.0898 e. The van der Waals surface area contributed by atoms with Crippen molar-refractivity contribution in [3.05, 3.63) is 125 Å². The van der Waals surface area contributed by atoms with Gasteiger partial charge in [0.05, 0.1) is 0 Å². The summed E-state index contributed by atoms with van der Waals surface area (Å²) in [7, 11) is 0. The molecule has 0 spiro atoms. The van der Waals surface area contributed by atoms with Crippen LogP contribution < -0.4 is 16.4 Å². The molecule has 1 aliphatic rings. The van der Waals surface area contributed by atoms with Crippen molar-refractivity contribution in [2.75, 3.05) is 0 Å². The summed E-state index contributed by atoms with van der Waals surface area (Å²) >= 11 is 3.73. The molecule has 186 valence electrons. The molecule has 3 heteroatoms. The molecule has 0 fully saturated rings. The summed E-state index contributed by atoms with van der Waals surface area (Å²) in [5.74, 6) is 0. The lowest BCUT2D eigenvalue weighted by Gasteiger charge is -2.19. The van der Waals surface area contributed by atoms with Gasteiger partial charge in [-0.2, -0.15) is 0 Å². The minimum atomic E-state index is 0.254. The first-order valence-corrected chi connectivity index (χ1v) is 14.9. The Morgan fingerprint density at radius 2 is 0.895 bits per heavy atom. The van der Waals surface area contributed by atoms with Crippen LogP contribution in [0.25, 0.3) is 11.1 Å². The van der Waals surface area contributed by atoms with E-state index in [1.807, 2.05) is 23.5 Å². The second kappa shape index (κ2) is 10.2. The molecule has 38 heavy (non-hydrogen) atoms. The molecule has 0 radical (unpaired) electrons. The number of rotatable bonds is 5. The molecule has 5 aromatic carbocycles. The van der Waals surface area contributed by atoms with E-state index in [1.165, 1.54) is 74.9 Å². The summed E-state index contributed by atoms with van der Waals surface area (Å²) in [4.78, 5) is 5.22. The largest absolute Gasteiger partial charge is 0.243 e. The molecular weight excluding hydrogens is 495 g/mol. The average molecular weight is 527 g/mol. The summed E-state index contributed by atoms with van der Waals surface area (Å²) in [6.45, 7) is 11.6. The molecule has 0 atom stereocenters. The molecule has 0 unspecified atom stereocenters. The van der Waals surface area contributed by atoms with E-state index < -0.39 is 0 Å². The summed E-state index contributed by atoms with van der Waals surface area (Å²) in [6.07, 6.45) is 0. The van der Waals surface area contributed by atoms with E-state index in [1.54, 1.807) is 0 Å². The molecule has 0 aliphatic carbocycles. The molecule has 6 rings (SSSR count). The fourth-order valence-electron chi connectivity index (χ4n) is 5.94. The minimum absolute atomic E-state index is 0.254. The van der Waals surface area contributed by atoms with Crippen molar-refractivity contribution in [2.24, 2.45) is 0 Å². The second-order valence-electron chi connectivity index (χ2n) is 10.5. The van der Waals surface area contributed by atoms with Crippen LogP contribution in [0.4, 0.5) is 0 Å². The molecule has 0 aromatic heterocycles. The molecule has 0 saturated carbocycles. The third-order valence-corrected chi connectivity index (χ3v) is 9.91. The van der Waals surface area contributed by atoms with E-state index >= 15 is 0 Å². The fraction of sp³-hybridized carbons (Fsp3) is 0.143. The third kappa shape index (κ3) is 4.63. The van der Waals surface area contributed by atoms with Crippen molar-refractivity contribution in [2.45, 2.75) is 54.2 Å². The predicted molar refractivity (Wildman–Crippen MR) is 168 cm³/mol. The number of hydrogen-bond acceptors (Lipinski definition) is 2.